The van der Waals surface area contributed by atoms with Gasteiger partial charge < -0.3 is 195 Å². The molecule has 1 aliphatic heterocycles. The minimum Gasteiger partial charge on any atom is -0.504 e. The Labute approximate surface area is 685 Å². The van der Waals surface area contributed by atoms with Crippen molar-refractivity contribution >= 4 is 53.7 Å². The molecule has 0 aliphatic carbocycles. The molecule has 1 aliphatic rings. The average Bonchev–Trinajstić information content (AvgIpc) is 0.683. The van der Waals surface area contributed by atoms with Gasteiger partial charge in [-0.3, -0.25) is 0 Å². The zero-order valence-electron chi connectivity index (χ0n) is 61.8. The van der Waals surface area contributed by atoms with Gasteiger partial charge in [-0.1, -0.05) is 0 Å². The quantitative estimate of drug-likeness (QED) is 0.0152. The molecule has 0 aromatic heterocycles. The standard InChI is InChI=1S/C76H62O48/c1-22(77)75(118-50(20-114-67(105)24-4-34(80)53(95)35(81)5-24)49(117-69(107)26-8-38(84)55(97)39(85)9-26)19-113-66(104)23-2-32(78)52(94)33(79)3-23)124-74(112)31-18-47(93)60(102)61(103)62(31)116-48-17-30(16-46(92)59(48)101)73(111)123-76-65(122-72(110)29-14-44(90)58(100)45(91)15-29)64(121-71(109)28-12-42(88)57(99)43(89)13-28)63(120-70(108)27-10-40(86)56(98)41(87)11-27)51(119-76)21-115-68(106)25-6-36(82)54(96)37(83)7-25/h2-18,22,49-51,63-65,75-103H,19-21H2,1H3/t22?,49-,50?,51?,63+,64?,65?,75-,76-/m0/s1. The number of carbonyl (C=O) groups is 9. The Bertz CT molecular complexity index is 5630. The van der Waals surface area contributed by atoms with Crippen molar-refractivity contribution in [1.82, 2.24) is 0 Å². The number of hydrogen-bond donors (Lipinski definition) is 27. The highest BCUT2D eigenvalue weighted by molar-refractivity contribution is 5.98. The van der Waals surface area contributed by atoms with Gasteiger partial charge in [0.05, 0.1) is 44.5 Å². The minimum atomic E-state index is -2.95. The number of aromatic hydroxyl groups is 26. The van der Waals surface area contributed by atoms with Crippen LogP contribution in [0.3, 0.4) is 0 Å². The van der Waals surface area contributed by atoms with Crippen LogP contribution >= 0.6 is 0 Å². The van der Waals surface area contributed by atoms with Crippen LogP contribution in [-0.4, -0.2) is 267 Å². The maximum atomic E-state index is 15.0. The fourth-order valence-electron chi connectivity index (χ4n) is 11.1. The second-order valence-corrected chi connectivity index (χ2v) is 25.9. The third-order valence-corrected chi connectivity index (χ3v) is 17.3. The van der Waals surface area contributed by atoms with Crippen LogP contribution in [0.4, 0.5) is 0 Å². The minimum absolute atomic E-state index is 0.197. The predicted molar refractivity (Wildman–Crippen MR) is 389 cm³/mol. The fraction of sp³-hybridized carbons (Fsp3) is 0.171. The molecule has 48 heteroatoms. The van der Waals surface area contributed by atoms with Crippen LogP contribution in [0.2, 0.25) is 0 Å². The van der Waals surface area contributed by atoms with Crippen LogP contribution < -0.4 is 4.74 Å². The number of esters is 9. The Morgan fingerprint density at radius 3 is 0.952 bits per heavy atom. The summed E-state index contributed by atoms with van der Waals surface area (Å²) in [4.78, 5) is 128. The van der Waals surface area contributed by atoms with Crippen molar-refractivity contribution in [3.05, 3.63) is 153 Å². The SMILES string of the molecule is CC(O)[C@H](OC(=O)c1cc(O)c(O)c(O)c1Oc1cc(C(=O)O[C@@H]2OC(COC(=O)c3cc(O)c(O)c(O)c3)[C@@H](OC(=O)c3cc(O)c(O)c(O)c3)C(OC(=O)c3cc(O)c(O)c(O)c3)C2OC(=O)c2cc(O)c(O)c(O)c2)cc(O)c1O)OC(COC(=O)c1cc(O)c(O)c(O)c1)[C@H](COC(=O)c1cc(O)c(O)c(O)c1)OC(=O)c1cc(O)c(O)c(O)c1. The summed E-state index contributed by atoms with van der Waals surface area (Å²) in [6.45, 7) is -3.64. The van der Waals surface area contributed by atoms with Gasteiger partial charge in [0.15, 0.2) is 162 Å². The average molecular weight is 1740 g/mol. The van der Waals surface area contributed by atoms with Gasteiger partial charge in [-0.25, -0.2) is 43.2 Å². The third kappa shape index (κ3) is 19.3. The van der Waals surface area contributed by atoms with Gasteiger partial charge in [-0.15, -0.1) is 0 Å². The van der Waals surface area contributed by atoms with Gasteiger partial charge in [-0.2, -0.15) is 0 Å². The van der Waals surface area contributed by atoms with E-state index in [2.05, 4.69) is 0 Å². The number of rotatable bonds is 27. The molecule has 1 saturated heterocycles. The number of aliphatic hydroxyl groups is 1. The van der Waals surface area contributed by atoms with Crippen LogP contribution in [0.15, 0.2) is 103 Å². The Morgan fingerprint density at radius 2 is 0.589 bits per heavy atom. The van der Waals surface area contributed by atoms with Crippen molar-refractivity contribution in [2.75, 3.05) is 19.8 Å². The van der Waals surface area contributed by atoms with Gasteiger partial charge >= 0.3 is 53.7 Å². The van der Waals surface area contributed by atoms with E-state index in [1.807, 2.05) is 0 Å². The molecule has 9 aromatic rings. The van der Waals surface area contributed by atoms with Crippen LogP contribution in [0.25, 0.3) is 0 Å². The topological polar surface area (TPSA) is 811 Å². The summed E-state index contributed by atoms with van der Waals surface area (Å²) < 4.78 is 66.9. The monoisotopic (exact) mass is 1740 g/mol. The van der Waals surface area contributed by atoms with E-state index in [9.17, 15) is 181 Å². The Balaban J connectivity index is 1.05. The van der Waals surface area contributed by atoms with E-state index in [1.54, 1.807) is 0 Å². The molecular formula is C76H62O48. The van der Waals surface area contributed by atoms with Crippen molar-refractivity contribution in [3.63, 3.8) is 0 Å². The molecule has 0 amide bonds. The molecular weight excluding hydrogens is 1680 g/mol. The van der Waals surface area contributed by atoms with Crippen LogP contribution in [0.1, 0.15) is 100 Å². The molecule has 1 fully saturated rings. The summed E-state index contributed by atoms with van der Waals surface area (Å²) in [5.41, 5.74) is -8.87. The van der Waals surface area contributed by atoms with Gasteiger partial charge in [0.2, 0.25) is 35.9 Å². The second-order valence-electron chi connectivity index (χ2n) is 25.9. The predicted octanol–water partition coefficient (Wildman–Crippen LogP) is 3.43. The molecule has 0 radical (unpaired) electrons. The first-order valence-electron chi connectivity index (χ1n) is 34.2. The number of ether oxygens (including phenoxy) is 12. The van der Waals surface area contributed by atoms with E-state index in [0.717, 1.165) is 6.92 Å². The van der Waals surface area contributed by atoms with E-state index < -0.39 is 340 Å². The molecule has 124 heavy (non-hydrogen) atoms. The van der Waals surface area contributed by atoms with Gasteiger partial charge in [0.25, 0.3) is 0 Å². The number of aliphatic hydroxyl groups excluding tert-OH is 1. The third-order valence-electron chi connectivity index (χ3n) is 17.3. The lowest BCUT2D eigenvalue weighted by Crippen LogP contribution is -2.63. The number of carbonyl (C=O) groups excluding carboxylic acids is 9. The molecule has 0 bridgehead atoms. The Kier molecular flexibility index (Phi) is 25.8. The lowest BCUT2D eigenvalue weighted by molar-refractivity contribution is -0.282. The molecule has 1 heterocycles. The van der Waals surface area contributed by atoms with E-state index >= 15 is 0 Å². The first-order chi connectivity index (χ1) is 58.2. The molecule has 5 unspecified atom stereocenters. The molecule has 9 aromatic carbocycles. The zero-order chi connectivity index (χ0) is 91.4. The summed E-state index contributed by atoms with van der Waals surface area (Å²) in [5.74, 6) is -52.3. The lowest BCUT2D eigenvalue weighted by Gasteiger charge is -2.43. The molecule has 0 spiro atoms. The van der Waals surface area contributed by atoms with Gasteiger partial charge in [0, 0.05) is 6.07 Å². The van der Waals surface area contributed by atoms with E-state index in [1.165, 1.54) is 0 Å². The van der Waals surface area contributed by atoms with Crippen LogP contribution in [0, 0.1) is 0 Å². The summed E-state index contributed by atoms with van der Waals surface area (Å²) in [5, 5.41) is 283. The summed E-state index contributed by atoms with van der Waals surface area (Å²) in [6, 6.07) is 7.43. The van der Waals surface area contributed by atoms with Crippen molar-refractivity contribution in [2.45, 2.75) is 62.2 Å². The first kappa shape index (κ1) is 89.0. The molecule has 27 N–H and O–H groups in total. The lowest BCUT2D eigenvalue weighted by atomic mass is 9.97. The van der Waals surface area contributed by atoms with E-state index in [-0.39, 0.29) is 6.07 Å². The van der Waals surface area contributed by atoms with E-state index in [4.69, 9.17) is 56.8 Å². The van der Waals surface area contributed by atoms with Crippen molar-refractivity contribution < 1.29 is 238 Å². The summed E-state index contributed by atoms with van der Waals surface area (Å²) >= 11 is 0. The summed E-state index contributed by atoms with van der Waals surface area (Å²) in [6.07, 6.45) is -23.8. The molecule has 48 nitrogen and oxygen atoms in total. The molecule has 0 saturated carbocycles. The number of hydrogen-bond acceptors (Lipinski definition) is 48. The fourth-order valence-corrected chi connectivity index (χ4v) is 11.1. The highest BCUT2D eigenvalue weighted by atomic mass is 16.8. The van der Waals surface area contributed by atoms with Crippen LogP contribution in [0.5, 0.6) is 161 Å². The summed E-state index contributed by atoms with van der Waals surface area (Å²) in [7, 11) is 0. The molecule has 654 valence electrons. The number of phenols is 26. The van der Waals surface area contributed by atoms with Gasteiger partial charge in [-0.05, 0) is 104 Å². The Hall–Kier alpha value is -17.3. The number of benzene rings is 9. The number of phenolic OH excluding ortho intramolecular Hbond substituents is 26. The normalized spacial score (nSPS) is 15.7. The zero-order valence-corrected chi connectivity index (χ0v) is 61.8. The molecule has 9 atom stereocenters. The van der Waals surface area contributed by atoms with Crippen LogP contribution in [-0.2, 0) is 52.1 Å². The van der Waals surface area contributed by atoms with Crippen molar-refractivity contribution in [2.24, 2.45) is 0 Å². The second kappa shape index (κ2) is 35.9. The first-order valence-corrected chi connectivity index (χ1v) is 34.2. The highest BCUT2D eigenvalue weighted by Crippen LogP contribution is 2.51. The highest BCUT2D eigenvalue weighted by Gasteiger charge is 2.55. The van der Waals surface area contributed by atoms with Crippen molar-refractivity contribution in [3.8, 4) is 161 Å². The maximum Gasteiger partial charge on any atom is 0.344 e. The smallest absolute Gasteiger partial charge is 0.344 e. The maximum absolute atomic E-state index is 15.0. The molecule has 10 rings (SSSR count). The van der Waals surface area contributed by atoms with Crippen molar-refractivity contribution in [1.29, 1.82) is 0 Å². The van der Waals surface area contributed by atoms with E-state index in [0.29, 0.717) is 97.1 Å². The Morgan fingerprint density at radius 1 is 0.298 bits per heavy atom. The van der Waals surface area contributed by atoms with Gasteiger partial charge in [0.1, 0.15) is 43.7 Å². The largest absolute Gasteiger partial charge is 0.504 e.